The van der Waals surface area contributed by atoms with Crippen LogP contribution in [0.3, 0.4) is 0 Å². The lowest BCUT2D eigenvalue weighted by atomic mass is 10.1. The molecule has 1 aromatic carbocycles. The third-order valence-electron chi connectivity index (χ3n) is 4.36. The standard InChI is InChI=1S/C17H23FN2O2.ClH/c1-12-16(19-8-9-22-12)17(21)20(10-13-2-3-13)11-14-4-6-15(18)7-5-14;/h4-7,12-13,16,19H,2-3,8-11H2,1H3;1H/t12-,16+;/m1./s1. The third kappa shape index (κ3) is 4.90. The van der Waals surface area contributed by atoms with Gasteiger partial charge in [0, 0.05) is 19.6 Å². The van der Waals surface area contributed by atoms with Gasteiger partial charge in [-0.25, -0.2) is 4.39 Å². The summed E-state index contributed by atoms with van der Waals surface area (Å²) in [6, 6.07) is 6.10. The summed E-state index contributed by atoms with van der Waals surface area (Å²) in [5.74, 6) is 0.451. The van der Waals surface area contributed by atoms with Gasteiger partial charge in [0.1, 0.15) is 11.9 Å². The fraction of sp³-hybridized carbons (Fsp3) is 0.588. The molecule has 2 atom stereocenters. The van der Waals surface area contributed by atoms with Crippen molar-refractivity contribution in [3.63, 3.8) is 0 Å². The molecular formula is C17H24ClFN2O2. The van der Waals surface area contributed by atoms with E-state index in [-0.39, 0.29) is 36.3 Å². The van der Waals surface area contributed by atoms with Gasteiger partial charge >= 0.3 is 0 Å². The number of hydrogen-bond acceptors (Lipinski definition) is 3. The summed E-state index contributed by atoms with van der Waals surface area (Å²) in [5.41, 5.74) is 0.958. The molecule has 0 spiro atoms. The number of ether oxygens (including phenoxy) is 1. The Labute approximate surface area is 142 Å². The van der Waals surface area contributed by atoms with Gasteiger partial charge in [0.15, 0.2) is 0 Å². The molecule has 1 aliphatic heterocycles. The number of nitrogens with one attached hydrogen (secondary N) is 1. The molecule has 1 amide bonds. The molecular weight excluding hydrogens is 319 g/mol. The highest BCUT2D eigenvalue weighted by molar-refractivity contribution is 5.85. The lowest BCUT2D eigenvalue weighted by Gasteiger charge is -2.34. The molecule has 0 radical (unpaired) electrons. The van der Waals surface area contributed by atoms with Crippen LogP contribution in [-0.4, -0.2) is 42.6 Å². The van der Waals surface area contributed by atoms with Gasteiger partial charge in [-0.15, -0.1) is 12.4 Å². The van der Waals surface area contributed by atoms with Crippen LogP contribution >= 0.6 is 12.4 Å². The maximum atomic E-state index is 13.0. The molecule has 23 heavy (non-hydrogen) atoms. The molecule has 3 rings (SSSR count). The van der Waals surface area contributed by atoms with Crippen LogP contribution < -0.4 is 5.32 Å². The number of carbonyl (C=O) groups is 1. The molecule has 1 aliphatic carbocycles. The van der Waals surface area contributed by atoms with Gasteiger partial charge in [0.25, 0.3) is 0 Å². The van der Waals surface area contributed by atoms with Crippen LogP contribution in [0.4, 0.5) is 4.39 Å². The molecule has 0 aromatic heterocycles. The second kappa shape index (κ2) is 8.08. The van der Waals surface area contributed by atoms with Gasteiger partial charge in [0.05, 0.1) is 12.7 Å². The van der Waals surface area contributed by atoms with Crippen molar-refractivity contribution >= 4 is 18.3 Å². The molecule has 4 nitrogen and oxygen atoms in total. The van der Waals surface area contributed by atoms with Gasteiger partial charge in [0.2, 0.25) is 5.91 Å². The zero-order valence-corrected chi connectivity index (χ0v) is 14.2. The van der Waals surface area contributed by atoms with E-state index in [0.29, 0.717) is 25.6 Å². The van der Waals surface area contributed by atoms with E-state index in [1.807, 2.05) is 11.8 Å². The predicted molar refractivity (Wildman–Crippen MR) is 89.0 cm³/mol. The Bertz CT molecular complexity index is 522. The van der Waals surface area contributed by atoms with Gasteiger partial charge < -0.3 is 15.0 Å². The van der Waals surface area contributed by atoms with Crippen LogP contribution in [0.15, 0.2) is 24.3 Å². The first-order valence-electron chi connectivity index (χ1n) is 8.01. The molecule has 1 aromatic rings. The van der Waals surface area contributed by atoms with Crippen LogP contribution in [0.25, 0.3) is 0 Å². The number of morpholine rings is 1. The minimum Gasteiger partial charge on any atom is -0.375 e. The highest BCUT2D eigenvalue weighted by Gasteiger charge is 2.34. The predicted octanol–water partition coefficient (Wildman–Crippen LogP) is 2.36. The molecule has 1 heterocycles. The fourth-order valence-electron chi connectivity index (χ4n) is 2.86. The summed E-state index contributed by atoms with van der Waals surface area (Å²) in [5, 5.41) is 3.26. The first-order chi connectivity index (χ1) is 10.6. The molecule has 1 N–H and O–H groups in total. The minimum absolute atomic E-state index is 0. The van der Waals surface area contributed by atoms with E-state index in [2.05, 4.69) is 5.32 Å². The summed E-state index contributed by atoms with van der Waals surface area (Å²) in [4.78, 5) is 14.7. The summed E-state index contributed by atoms with van der Waals surface area (Å²) in [6.45, 7) is 4.59. The van der Waals surface area contributed by atoms with Crippen LogP contribution in [0, 0.1) is 11.7 Å². The third-order valence-corrected chi connectivity index (χ3v) is 4.36. The summed E-state index contributed by atoms with van der Waals surface area (Å²) in [7, 11) is 0. The molecule has 2 aliphatic rings. The molecule has 1 saturated carbocycles. The van der Waals surface area contributed by atoms with Crippen molar-refractivity contribution in [1.29, 1.82) is 0 Å². The van der Waals surface area contributed by atoms with Crippen molar-refractivity contribution < 1.29 is 13.9 Å². The Morgan fingerprint density at radius 1 is 1.35 bits per heavy atom. The number of nitrogens with zero attached hydrogens (tertiary/aromatic N) is 1. The average Bonchev–Trinajstić information content (AvgIpc) is 3.33. The van der Waals surface area contributed by atoms with E-state index >= 15 is 0 Å². The van der Waals surface area contributed by atoms with Gasteiger partial charge in [-0.05, 0) is 43.4 Å². The van der Waals surface area contributed by atoms with E-state index in [1.54, 1.807) is 12.1 Å². The number of amides is 1. The summed E-state index contributed by atoms with van der Waals surface area (Å²) < 4.78 is 18.6. The zero-order chi connectivity index (χ0) is 15.5. The highest BCUT2D eigenvalue weighted by atomic mass is 35.5. The molecule has 0 unspecified atom stereocenters. The monoisotopic (exact) mass is 342 g/mol. The molecule has 6 heteroatoms. The Balaban J connectivity index is 0.00000192. The zero-order valence-electron chi connectivity index (χ0n) is 13.3. The first-order valence-corrected chi connectivity index (χ1v) is 8.01. The fourth-order valence-corrected chi connectivity index (χ4v) is 2.86. The van der Waals surface area contributed by atoms with E-state index < -0.39 is 0 Å². The number of rotatable bonds is 5. The van der Waals surface area contributed by atoms with Crippen molar-refractivity contribution in [2.75, 3.05) is 19.7 Å². The molecule has 2 fully saturated rings. The maximum absolute atomic E-state index is 13.0. The second-order valence-corrected chi connectivity index (χ2v) is 6.30. The first kappa shape index (κ1) is 18.2. The van der Waals surface area contributed by atoms with Crippen molar-refractivity contribution in [2.45, 2.75) is 38.5 Å². The summed E-state index contributed by atoms with van der Waals surface area (Å²) in [6.07, 6.45) is 2.27. The van der Waals surface area contributed by atoms with Gasteiger partial charge in [-0.3, -0.25) is 4.79 Å². The normalized spacial score (nSPS) is 23.9. The number of carbonyl (C=O) groups excluding carboxylic acids is 1. The van der Waals surface area contributed by atoms with Crippen LogP contribution in [0.1, 0.15) is 25.3 Å². The quantitative estimate of drug-likeness (QED) is 0.893. The number of hydrogen-bond donors (Lipinski definition) is 1. The van der Waals surface area contributed by atoms with E-state index in [4.69, 9.17) is 4.74 Å². The highest BCUT2D eigenvalue weighted by Crippen LogP contribution is 2.30. The van der Waals surface area contributed by atoms with Crippen molar-refractivity contribution in [1.82, 2.24) is 10.2 Å². The maximum Gasteiger partial charge on any atom is 0.242 e. The smallest absolute Gasteiger partial charge is 0.242 e. The molecule has 0 bridgehead atoms. The minimum atomic E-state index is -0.284. The van der Waals surface area contributed by atoms with Gasteiger partial charge in [-0.2, -0.15) is 0 Å². The van der Waals surface area contributed by atoms with Crippen LogP contribution in [0.5, 0.6) is 0 Å². The molecule has 128 valence electrons. The molecule has 1 saturated heterocycles. The lowest BCUT2D eigenvalue weighted by Crippen LogP contribution is -2.56. The Morgan fingerprint density at radius 2 is 2.04 bits per heavy atom. The van der Waals surface area contributed by atoms with Crippen molar-refractivity contribution in [2.24, 2.45) is 5.92 Å². The second-order valence-electron chi connectivity index (χ2n) is 6.30. The van der Waals surface area contributed by atoms with E-state index in [1.165, 1.54) is 25.0 Å². The number of halogens is 2. The van der Waals surface area contributed by atoms with Gasteiger partial charge in [-0.1, -0.05) is 12.1 Å². The lowest BCUT2D eigenvalue weighted by molar-refractivity contribution is -0.140. The topological polar surface area (TPSA) is 41.6 Å². The average molecular weight is 343 g/mol. The van der Waals surface area contributed by atoms with Crippen LogP contribution in [0.2, 0.25) is 0 Å². The Hall–Kier alpha value is -1.17. The number of benzene rings is 1. The Kier molecular flexibility index (Phi) is 6.39. The largest absolute Gasteiger partial charge is 0.375 e. The van der Waals surface area contributed by atoms with Crippen molar-refractivity contribution in [3.05, 3.63) is 35.6 Å². The SMILES string of the molecule is C[C@H]1OCCN[C@@H]1C(=O)N(Cc1ccc(F)cc1)CC1CC1.Cl. The van der Waals surface area contributed by atoms with Crippen LogP contribution in [-0.2, 0) is 16.1 Å². The van der Waals surface area contributed by atoms with E-state index in [0.717, 1.165) is 12.1 Å². The van der Waals surface area contributed by atoms with E-state index in [9.17, 15) is 9.18 Å². The summed E-state index contributed by atoms with van der Waals surface area (Å²) >= 11 is 0. The Morgan fingerprint density at radius 3 is 2.65 bits per heavy atom. The van der Waals surface area contributed by atoms with Crippen molar-refractivity contribution in [3.8, 4) is 0 Å².